The minimum absolute atomic E-state index is 0.148. The number of carbonyl (C=O) groups excluding carboxylic acids is 1. The Morgan fingerprint density at radius 2 is 1.85 bits per heavy atom. The van der Waals surface area contributed by atoms with Crippen LogP contribution in [0.2, 0.25) is 0 Å². The Morgan fingerprint density at radius 1 is 1.30 bits per heavy atom. The van der Waals surface area contributed by atoms with Crippen molar-refractivity contribution in [3.8, 4) is 0 Å². The number of hydrogen-bond acceptors (Lipinski definition) is 3. The van der Waals surface area contributed by atoms with E-state index in [1.54, 1.807) is 0 Å². The highest BCUT2D eigenvalue weighted by atomic mass is 19.3. The van der Waals surface area contributed by atoms with Gasteiger partial charge in [0.05, 0.1) is 13.2 Å². The molecular weight excluding hydrogens is 268 g/mol. The Hall–Kier alpha value is -1.79. The minimum Gasteiger partial charge on any atom is -0.345 e. The molecule has 0 bridgehead atoms. The van der Waals surface area contributed by atoms with Gasteiger partial charge in [0, 0.05) is 18.2 Å². The lowest BCUT2D eigenvalue weighted by atomic mass is 10.0. The van der Waals surface area contributed by atoms with Crippen LogP contribution >= 0.6 is 0 Å². The van der Waals surface area contributed by atoms with Gasteiger partial charge in [0.15, 0.2) is 0 Å². The highest BCUT2D eigenvalue weighted by Gasteiger charge is 2.46. The molecule has 108 valence electrons. The van der Waals surface area contributed by atoms with Crippen molar-refractivity contribution in [3.05, 3.63) is 36.4 Å². The second-order valence-corrected chi connectivity index (χ2v) is 4.43. The Labute approximate surface area is 115 Å². The molecule has 1 aromatic carbocycles. The van der Waals surface area contributed by atoms with Gasteiger partial charge in [0.25, 0.3) is 0 Å². The van der Waals surface area contributed by atoms with Crippen LogP contribution < -0.4 is 5.32 Å². The van der Waals surface area contributed by atoms with E-state index in [1.165, 1.54) is 31.2 Å². The van der Waals surface area contributed by atoms with Crippen molar-refractivity contribution in [1.82, 2.24) is 0 Å². The minimum atomic E-state index is -3.30. The largest absolute Gasteiger partial charge is 0.345 e. The van der Waals surface area contributed by atoms with Gasteiger partial charge < -0.3 is 14.8 Å². The summed E-state index contributed by atoms with van der Waals surface area (Å²) in [4.78, 5) is 10.9. The topological polar surface area (TPSA) is 47.6 Å². The maximum atomic E-state index is 14.1. The number of hydrogen-bond donors (Lipinski definition) is 1. The fraction of sp³-hybridized carbons (Fsp3) is 0.357. The summed E-state index contributed by atoms with van der Waals surface area (Å²) in [6.07, 6.45) is -1.59. The third-order valence-electron chi connectivity index (χ3n) is 2.87. The number of ether oxygens (including phenoxy) is 2. The van der Waals surface area contributed by atoms with Crippen molar-refractivity contribution >= 4 is 17.2 Å². The number of anilines is 1. The van der Waals surface area contributed by atoms with Crippen molar-refractivity contribution in [2.24, 2.45) is 0 Å². The highest BCUT2D eigenvalue weighted by Crippen LogP contribution is 2.37. The molecule has 1 aliphatic heterocycles. The first-order chi connectivity index (χ1) is 9.41. The van der Waals surface area contributed by atoms with Gasteiger partial charge in [-0.05, 0) is 17.7 Å². The van der Waals surface area contributed by atoms with Crippen molar-refractivity contribution in [2.75, 3.05) is 18.5 Å². The molecule has 1 aromatic rings. The molecule has 0 aliphatic carbocycles. The van der Waals surface area contributed by atoms with Gasteiger partial charge in [-0.2, -0.15) is 8.78 Å². The normalized spacial score (nSPS) is 16.1. The average molecular weight is 283 g/mol. The smallest absolute Gasteiger partial charge is 0.323 e. The molecule has 2 rings (SSSR count). The van der Waals surface area contributed by atoms with Crippen LogP contribution in [0.15, 0.2) is 30.8 Å². The predicted octanol–water partition coefficient (Wildman–Crippen LogP) is 2.67. The van der Waals surface area contributed by atoms with Crippen molar-refractivity contribution in [3.63, 3.8) is 0 Å². The van der Waals surface area contributed by atoms with Crippen LogP contribution in [0.1, 0.15) is 12.5 Å². The molecule has 4 nitrogen and oxygen atoms in total. The second kappa shape index (κ2) is 5.68. The first kappa shape index (κ1) is 14.6. The molecule has 0 unspecified atom stereocenters. The van der Waals surface area contributed by atoms with E-state index in [1.807, 2.05) is 0 Å². The Bertz CT molecular complexity index is 508. The molecule has 0 radical (unpaired) electrons. The van der Waals surface area contributed by atoms with Gasteiger partial charge in [-0.25, -0.2) is 0 Å². The number of benzene rings is 1. The molecule has 1 N–H and O–H groups in total. The Kier molecular flexibility index (Phi) is 4.15. The van der Waals surface area contributed by atoms with Gasteiger partial charge >= 0.3 is 5.92 Å². The molecule has 1 fully saturated rings. The summed E-state index contributed by atoms with van der Waals surface area (Å²) >= 11 is 0. The predicted molar refractivity (Wildman–Crippen MR) is 70.4 cm³/mol. The zero-order valence-corrected chi connectivity index (χ0v) is 11.0. The maximum absolute atomic E-state index is 14.1. The number of alkyl halides is 2. The zero-order chi connectivity index (χ0) is 14.8. The molecule has 0 spiro atoms. The lowest BCUT2D eigenvalue weighted by Crippen LogP contribution is -2.35. The fourth-order valence-corrected chi connectivity index (χ4v) is 1.86. The standard InChI is InChI=1S/C14H15F2NO3/c1-9(14(15,16)13-19-7-8-20-13)11-3-5-12(6-4-11)17-10(2)18/h3-6,13H,1,7-8H2,2H3,(H,17,18). The van der Waals surface area contributed by atoms with E-state index >= 15 is 0 Å². The van der Waals surface area contributed by atoms with Gasteiger partial charge in [0.1, 0.15) is 0 Å². The summed E-state index contributed by atoms with van der Waals surface area (Å²) in [5.74, 6) is -3.53. The van der Waals surface area contributed by atoms with Gasteiger partial charge in [-0.15, -0.1) is 0 Å². The molecule has 20 heavy (non-hydrogen) atoms. The van der Waals surface area contributed by atoms with E-state index in [2.05, 4.69) is 11.9 Å². The molecule has 1 saturated heterocycles. The first-order valence-corrected chi connectivity index (χ1v) is 6.09. The van der Waals surface area contributed by atoms with Crippen molar-refractivity contribution < 1.29 is 23.0 Å². The summed E-state index contributed by atoms with van der Waals surface area (Å²) in [5, 5.41) is 2.56. The molecule has 1 heterocycles. The van der Waals surface area contributed by atoms with Gasteiger partial charge in [-0.3, -0.25) is 4.79 Å². The quantitative estimate of drug-likeness (QED) is 0.924. The van der Waals surface area contributed by atoms with Crippen LogP contribution in [0.5, 0.6) is 0 Å². The second-order valence-electron chi connectivity index (χ2n) is 4.43. The molecule has 0 aromatic heterocycles. The molecule has 6 heteroatoms. The lowest BCUT2D eigenvalue weighted by molar-refractivity contribution is -0.173. The number of nitrogens with one attached hydrogen (secondary N) is 1. The van der Waals surface area contributed by atoms with E-state index in [0.717, 1.165) is 0 Å². The Morgan fingerprint density at radius 3 is 2.35 bits per heavy atom. The van der Waals surface area contributed by atoms with Crippen LogP contribution in [0.25, 0.3) is 5.57 Å². The van der Waals surface area contributed by atoms with E-state index < -0.39 is 12.2 Å². The highest BCUT2D eigenvalue weighted by molar-refractivity contribution is 5.88. The average Bonchev–Trinajstić information content (AvgIpc) is 2.92. The first-order valence-electron chi connectivity index (χ1n) is 6.09. The fourth-order valence-electron chi connectivity index (χ4n) is 1.86. The summed E-state index contributed by atoms with van der Waals surface area (Å²) in [7, 11) is 0. The lowest BCUT2D eigenvalue weighted by Gasteiger charge is -2.24. The van der Waals surface area contributed by atoms with E-state index in [9.17, 15) is 13.6 Å². The SMILES string of the molecule is C=C(c1ccc(NC(C)=O)cc1)C(F)(F)C1OCCO1. The Balaban J connectivity index is 2.13. The van der Waals surface area contributed by atoms with Crippen LogP contribution in [-0.2, 0) is 14.3 Å². The maximum Gasteiger partial charge on any atom is 0.323 e. The molecular formula is C14H15F2NO3. The van der Waals surface area contributed by atoms with Gasteiger partial charge in [0.2, 0.25) is 12.2 Å². The van der Waals surface area contributed by atoms with E-state index in [0.29, 0.717) is 5.69 Å². The van der Waals surface area contributed by atoms with Crippen LogP contribution in [0, 0.1) is 0 Å². The summed E-state index contributed by atoms with van der Waals surface area (Å²) in [6.45, 7) is 5.10. The molecule has 0 atom stereocenters. The van der Waals surface area contributed by atoms with Crippen molar-refractivity contribution in [2.45, 2.75) is 19.1 Å². The van der Waals surface area contributed by atoms with Crippen molar-refractivity contribution in [1.29, 1.82) is 0 Å². The third kappa shape index (κ3) is 3.02. The van der Waals surface area contributed by atoms with Gasteiger partial charge in [-0.1, -0.05) is 18.7 Å². The van der Waals surface area contributed by atoms with Crippen LogP contribution in [0.4, 0.5) is 14.5 Å². The number of rotatable bonds is 4. The molecule has 1 amide bonds. The number of amides is 1. The van der Waals surface area contributed by atoms with E-state index in [4.69, 9.17) is 9.47 Å². The zero-order valence-electron chi connectivity index (χ0n) is 11.0. The molecule has 0 saturated carbocycles. The van der Waals surface area contributed by atoms with Crippen LogP contribution in [0.3, 0.4) is 0 Å². The third-order valence-corrected chi connectivity index (χ3v) is 2.87. The summed E-state index contributed by atoms with van der Waals surface area (Å²) < 4.78 is 37.9. The van der Waals surface area contributed by atoms with Crippen LogP contribution in [-0.4, -0.2) is 31.3 Å². The summed E-state index contributed by atoms with van der Waals surface area (Å²) in [5.41, 5.74) is 0.424. The van der Waals surface area contributed by atoms with E-state index in [-0.39, 0.29) is 30.3 Å². The summed E-state index contributed by atoms with van der Waals surface area (Å²) in [6, 6.07) is 6.01. The number of carbonyl (C=O) groups is 1. The molecule has 1 aliphatic rings. The monoisotopic (exact) mass is 283 g/mol. The number of halogens is 2.